The van der Waals surface area contributed by atoms with Crippen LogP contribution in [0.2, 0.25) is 0 Å². The van der Waals surface area contributed by atoms with Crippen LogP contribution in [0.1, 0.15) is 46.8 Å². The maximum absolute atomic E-state index is 12.8. The highest BCUT2D eigenvalue weighted by molar-refractivity contribution is 8.13. The monoisotopic (exact) mass is 294 g/mol. The topological polar surface area (TPSA) is 29.5 Å². The van der Waals surface area contributed by atoms with Crippen LogP contribution in [-0.2, 0) is 4.74 Å². The second-order valence-electron chi connectivity index (χ2n) is 6.17. The largest absolute Gasteiger partial charge is 0.354 e. The van der Waals surface area contributed by atoms with Crippen molar-refractivity contribution >= 4 is 17.0 Å². The Morgan fingerprint density at radius 1 is 1.35 bits per heavy atom. The van der Waals surface area contributed by atoms with Gasteiger partial charge in [0.05, 0.1) is 12.1 Å². The van der Waals surface area contributed by atoms with Crippen LogP contribution < -0.4 is 0 Å². The van der Waals surface area contributed by atoms with Gasteiger partial charge in [0.25, 0.3) is 5.24 Å². The predicted molar refractivity (Wildman–Crippen MR) is 83.8 cm³/mol. The van der Waals surface area contributed by atoms with Crippen molar-refractivity contribution < 1.29 is 10.9 Å². The maximum Gasteiger partial charge on any atom is 0.284 e. The van der Waals surface area contributed by atoms with Crippen LogP contribution >= 0.6 is 11.8 Å². The molecule has 1 saturated heterocycles. The van der Waals surface area contributed by atoms with Gasteiger partial charge in [0.2, 0.25) is 0 Å². The molecule has 110 valence electrons. The van der Waals surface area contributed by atoms with Crippen molar-refractivity contribution in [1.82, 2.24) is 4.90 Å². The number of carbonyl (C=O) groups excluding carboxylic acids is 1. The van der Waals surface area contributed by atoms with Crippen LogP contribution in [0.3, 0.4) is 0 Å². The Bertz CT molecular complexity index is 512. The Morgan fingerprint density at radius 3 is 2.45 bits per heavy atom. The van der Waals surface area contributed by atoms with E-state index < -0.39 is 11.0 Å². The van der Waals surface area contributed by atoms with E-state index in [0.717, 1.165) is 17.3 Å². The van der Waals surface area contributed by atoms with Gasteiger partial charge in [-0.15, -0.1) is 0 Å². The molecular weight excluding hydrogens is 270 g/mol. The fourth-order valence-electron chi connectivity index (χ4n) is 2.59. The zero-order valence-corrected chi connectivity index (χ0v) is 13.6. The second kappa shape index (κ2) is 5.41. The molecule has 1 amide bonds. The third kappa shape index (κ3) is 3.01. The van der Waals surface area contributed by atoms with Crippen LogP contribution in [0.4, 0.5) is 4.79 Å². The van der Waals surface area contributed by atoms with E-state index >= 15 is 0 Å². The number of ether oxygens (including phenoxy) is 1. The predicted octanol–water partition coefficient (Wildman–Crippen LogP) is 4.45. The van der Waals surface area contributed by atoms with Gasteiger partial charge in [0, 0.05) is 6.60 Å². The quantitative estimate of drug-likeness (QED) is 0.807. The second-order valence-corrected chi connectivity index (χ2v) is 7.34. The molecule has 1 aromatic carbocycles. The summed E-state index contributed by atoms with van der Waals surface area (Å²) in [5.74, 6) is 0. The molecule has 1 aliphatic heterocycles. The third-order valence-electron chi connectivity index (χ3n) is 3.53. The Kier molecular flexibility index (Phi) is 3.78. The fourth-order valence-corrected chi connectivity index (χ4v) is 3.66. The van der Waals surface area contributed by atoms with Crippen molar-refractivity contribution in [2.45, 2.75) is 51.1 Å². The number of hydrogen-bond donors (Lipinski definition) is 0. The van der Waals surface area contributed by atoms with E-state index in [1.807, 2.05) is 58.0 Å². The molecular formula is C16H23NO2S. The van der Waals surface area contributed by atoms with E-state index in [0.29, 0.717) is 6.61 Å². The van der Waals surface area contributed by atoms with Crippen molar-refractivity contribution in [3.63, 3.8) is 0 Å². The number of rotatable bonds is 2. The molecule has 20 heavy (non-hydrogen) atoms. The summed E-state index contributed by atoms with van der Waals surface area (Å²) in [7, 11) is 0. The average Bonchev–Trinajstić information content (AvgIpc) is 2.59. The molecule has 2 rings (SSSR count). The first-order valence-corrected chi connectivity index (χ1v) is 7.61. The van der Waals surface area contributed by atoms with E-state index in [-0.39, 0.29) is 10.8 Å². The maximum atomic E-state index is 12.8. The highest BCUT2D eigenvalue weighted by Gasteiger charge is 2.48. The molecule has 3 nitrogen and oxygen atoms in total. The molecule has 0 radical (unpaired) electrons. The molecule has 1 atom stereocenters. The van der Waals surface area contributed by atoms with Gasteiger partial charge in [-0.3, -0.25) is 9.69 Å². The molecule has 0 aliphatic carbocycles. The normalized spacial score (nSPS) is 24.1. The van der Waals surface area contributed by atoms with Crippen LogP contribution in [0, 0.1) is 0 Å². The van der Waals surface area contributed by atoms with E-state index in [2.05, 4.69) is 0 Å². The minimum Gasteiger partial charge on any atom is -0.354 e. The third-order valence-corrected chi connectivity index (χ3v) is 4.42. The van der Waals surface area contributed by atoms with Gasteiger partial charge in [0.1, 0.15) is 5.72 Å². The first-order valence-electron chi connectivity index (χ1n) is 7.29. The summed E-state index contributed by atoms with van der Waals surface area (Å²) in [6, 6.07) is 9.45. The Labute approximate surface area is 127 Å². The van der Waals surface area contributed by atoms with Crippen molar-refractivity contribution in [3.05, 3.63) is 35.9 Å². The van der Waals surface area contributed by atoms with Crippen molar-refractivity contribution in [3.8, 4) is 0 Å². The van der Waals surface area contributed by atoms with Gasteiger partial charge in [-0.05, 0) is 40.2 Å². The zero-order chi connectivity index (χ0) is 15.9. The summed E-state index contributed by atoms with van der Waals surface area (Å²) in [4.78, 5) is 14.5. The van der Waals surface area contributed by atoms with Gasteiger partial charge >= 0.3 is 0 Å². The molecule has 0 bridgehead atoms. The van der Waals surface area contributed by atoms with E-state index in [1.54, 1.807) is 11.8 Å². The van der Waals surface area contributed by atoms with Crippen LogP contribution in [-0.4, -0.2) is 28.0 Å². The molecule has 1 fully saturated rings. The molecule has 1 aliphatic rings. The average molecular weight is 294 g/mol. The Balaban J connectivity index is 2.21. The highest BCUT2D eigenvalue weighted by Crippen LogP contribution is 2.40. The van der Waals surface area contributed by atoms with Gasteiger partial charge in [-0.2, -0.15) is 0 Å². The molecule has 0 spiro atoms. The molecule has 0 saturated carbocycles. The summed E-state index contributed by atoms with van der Waals surface area (Å²) in [6.45, 7) is 10.0. The SMILES string of the molecule is [2H][C@](C)(SC(=O)N1C(C)(C)COC1(C)C)c1ccccc1. The summed E-state index contributed by atoms with van der Waals surface area (Å²) in [6.07, 6.45) is 0. The number of thioether (sulfide) groups is 1. The number of benzene rings is 1. The van der Waals surface area contributed by atoms with Crippen LogP contribution in [0.25, 0.3) is 0 Å². The molecule has 0 unspecified atom stereocenters. The molecule has 0 N–H and O–H groups in total. The Morgan fingerprint density at radius 2 is 1.95 bits per heavy atom. The number of amides is 1. The lowest BCUT2D eigenvalue weighted by molar-refractivity contribution is -0.0298. The summed E-state index contributed by atoms with van der Waals surface area (Å²) in [5.41, 5.74) is -0.181. The number of carbonyl (C=O) groups is 1. The smallest absolute Gasteiger partial charge is 0.284 e. The minimum absolute atomic E-state index is 0.121. The van der Waals surface area contributed by atoms with Gasteiger partial charge in [0.15, 0.2) is 0 Å². The molecule has 1 heterocycles. The van der Waals surface area contributed by atoms with Crippen LogP contribution in [0.5, 0.6) is 0 Å². The zero-order valence-electron chi connectivity index (χ0n) is 13.8. The fraction of sp³-hybridized carbons (Fsp3) is 0.562. The molecule has 1 aromatic rings. The lowest BCUT2D eigenvalue weighted by Crippen LogP contribution is -2.51. The first-order chi connectivity index (χ1) is 9.56. The van der Waals surface area contributed by atoms with Gasteiger partial charge in [-0.1, -0.05) is 42.1 Å². The highest BCUT2D eigenvalue weighted by atomic mass is 32.2. The Hall–Kier alpha value is -1.00. The number of hydrogen-bond acceptors (Lipinski definition) is 3. The summed E-state index contributed by atoms with van der Waals surface area (Å²) >= 11 is 1.03. The van der Waals surface area contributed by atoms with Crippen molar-refractivity contribution in [1.29, 1.82) is 0 Å². The minimum atomic E-state index is -1.02. The van der Waals surface area contributed by atoms with Crippen molar-refractivity contribution in [2.75, 3.05) is 6.61 Å². The molecule has 4 heteroatoms. The van der Waals surface area contributed by atoms with E-state index in [9.17, 15) is 4.79 Å². The van der Waals surface area contributed by atoms with E-state index in [1.165, 1.54) is 0 Å². The lowest BCUT2D eigenvalue weighted by Gasteiger charge is -2.37. The summed E-state index contributed by atoms with van der Waals surface area (Å²) < 4.78 is 14.2. The standard InChI is InChI=1S/C16H23NO2S/c1-12(13-9-7-6-8-10-13)20-14(18)17-15(2,3)11-19-16(17,4)5/h6-10,12H,11H2,1-5H3/t12-/m1/s1/i12D. The van der Waals surface area contributed by atoms with Crippen molar-refractivity contribution in [2.24, 2.45) is 0 Å². The first kappa shape index (κ1) is 14.0. The lowest BCUT2D eigenvalue weighted by atomic mass is 10.1. The van der Waals surface area contributed by atoms with Gasteiger partial charge < -0.3 is 4.74 Å². The van der Waals surface area contributed by atoms with Crippen LogP contribution in [0.15, 0.2) is 30.3 Å². The molecule has 0 aromatic heterocycles. The van der Waals surface area contributed by atoms with Gasteiger partial charge in [-0.25, -0.2) is 0 Å². The summed E-state index contributed by atoms with van der Waals surface area (Å²) in [5, 5.41) is -1.14. The van der Waals surface area contributed by atoms with E-state index in [4.69, 9.17) is 6.11 Å². The number of nitrogens with zero attached hydrogens (tertiary/aromatic N) is 1.